The number of aromatic nitrogens is 4. The molecule has 0 radical (unpaired) electrons. The van der Waals surface area contributed by atoms with Gasteiger partial charge in [0.2, 0.25) is 5.91 Å². The van der Waals surface area contributed by atoms with Crippen molar-refractivity contribution in [2.75, 3.05) is 12.3 Å². The van der Waals surface area contributed by atoms with Crippen molar-refractivity contribution in [3.05, 3.63) is 53.3 Å². The molecule has 3 aromatic rings. The van der Waals surface area contributed by atoms with Crippen LogP contribution in [0.2, 0.25) is 5.02 Å². The summed E-state index contributed by atoms with van der Waals surface area (Å²) in [7, 11) is 0. The first kappa shape index (κ1) is 21.8. The summed E-state index contributed by atoms with van der Waals surface area (Å²) in [5, 5.41) is 10.2. The normalized spacial score (nSPS) is 16.5. The number of piperidine rings is 1. The molecule has 1 amide bonds. The van der Waals surface area contributed by atoms with Crippen molar-refractivity contribution < 1.29 is 4.79 Å². The first-order chi connectivity index (χ1) is 15.1. The summed E-state index contributed by atoms with van der Waals surface area (Å²) in [6, 6.07) is 9.94. The topological polar surface area (TPSA) is 63.9 Å². The fraction of sp³-hybridized carbons (Fsp3) is 0.391. The summed E-state index contributed by atoms with van der Waals surface area (Å²) in [5.74, 6) is 1.21. The Morgan fingerprint density at radius 3 is 2.77 bits per heavy atom. The van der Waals surface area contributed by atoms with E-state index < -0.39 is 0 Å². The van der Waals surface area contributed by atoms with E-state index in [9.17, 15) is 4.79 Å². The quantitative estimate of drug-likeness (QED) is 0.479. The Morgan fingerprint density at radius 2 is 2.00 bits per heavy atom. The number of nitrogens with zero attached hydrogens (tertiary/aromatic N) is 5. The van der Waals surface area contributed by atoms with Gasteiger partial charge < -0.3 is 4.90 Å². The van der Waals surface area contributed by atoms with Crippen LogP contribution in [-0.2, 0) is 4.79 Å². The third-order valence-electron chi connectivity index (χ3n) is 5.80. The van der Waals surface area contributed by atoms with E-state index in [2.05, 4.69) is 22.1 Å². The summed E-state index contributed by atoms with van der Waals surface area (Å²) in [6.07, 6.45) is 7.84. The van der Waals surface area contributed by atoms with E-state index in [-0.39, 0.29) is 5.91 Å². The first-order valence-electron chi connectivity index (χ1n) is 10.6. The lowest BCUT2D eigenvalue weighted by atomic mass is 10.0. The van der Waals surface area contributed by atoms with E-state index in [0.29, 0.717) is 27.8 Å². The zero-order valence-corrected chi connectivity index (χ0v) is 19.4. The number of hydrogen-bond acceptors (Lipinski definition) is 5. The maximum Gasteiger partial charge on any atom is 0.233 e. The molecule has 4 rings (SSSR count). The van der Waals surface area contributed by atoms with Gasteiger partial charge in [-0.3, -0.25) is 14.3 Å². The molecule has 6 nitrogen and oxygen atoms in total. The summed E-state index contributed by atoms with van der Waals surface area (Å²) in [4.78, 5) is 19.2. The molecule has 2 aromatic heterocycles. The highest BCUT2D eigenvalue weighted by atomic mass is 35.5. The predicted molar refractivity (Wildman–Crippen MR) is 125 cm³/mol. The Hall–Kier alpha value is -2.38. The number of carbonyl (C=O) groups is 1. The molecule has 0 aliphatic carbocycles. The number of hydrogen-bond donors (Lipinski definition) is 0. The van der Waals surface area contributed by atoms with Crippen LogP contribution in [0.4, 0.5) is 0 Å². The van der Waals surface area contributed by atoms with Gasteiger partial charge in [0.05, 0.1) is 11.4 Å². The minimum absolute atomic E-state index is 0.166. The second-order valence-electron chi connectivity index (χ2n) is 7.70. The number of thioether (sulfide) groups is 1. The SMILES string of the molecule is CCC1CCCCN1C(=O)CSc1nnc(-c2ccncc2)n1-c1cccc(Cl)c1C. The molecule has 1 atom stereocenters. The van der Waals surface area contributed by atoms with Crippen LogP contribution < -0.4 is 0 Å². The molecule has 0 spiro atoms. The fourth-order valence-electron chi connectivity index (χ4n) is 4.07. The van der Waals surface area contributed by atoms with Crippen LogP contribution >= 0.6 is 23.4 Å². The highest BCUT2D eigenvalue weighted by Crippen LogP contribution is 2.32. The molecule has 162 valence electrons. The first-order valence-corrected chi connectivity index (χ1v) is 12.0. The molecular formula is C23H26ClN5OS. The molecule has 31 heavy (non-hydrogen) atoms. The average Bonchev–Trinajstić information content (AvgIpc) is 3.23. The summed E-state index contributed by atoms with van der Waals surface area (Å²) >= 11 is 7.84. The van der Waals surface area contributed by atoms with Gasteiger partial charge in [-0.15, -0.1) is 10.2 Å². The standard InChI is InChI=1S/C23H26ClN5OS/c1-3-18-7-4-5-14-28(18)21(30)15-31-23-27-26-22(17-10-12-25-13-11-17)29(23)20-9-6-8-19(24)16(20)2/h6,8-13,18H,3-5,7,14-15H2,1-2H3. The average molecular weight is 456 g/mol. The van der Waals surface area contributed by atoms with E-state index in [1.807, 2.05) is 46.7 Å². The largest absolute Gasteiger partial charge is 0.339 e. The maximum absolute atomic E-state index is 13.0. The van der Waals surface area contributed by atoms with Gasteiger partial charge in [0.1, 0.15) is 0 Å². The van der Waals surface area contributed by atoms with Crippen LogP contribution in [-0.4, -0.2) is 48.9 Å². The number of benzene rings is 1. The predicted octanol–water partition coefficient (Wildman–Crippen LogP) is 5.17. The summed E-state index contributed by atoms with van der Waals surface area (Å²) in [6.45, 7) is 4.98. The molecule has 8 heteroatoms. The van der Waals surface area contributed by atoms with Crippen molar-refractivity contribution in [3.8, 4) is 17.1 Å². The van der Waals surface area contributed by atoms with E-state index in [0.717, 1.165) is 42.6 Å². The molecule has 0 bridgehead atoms. The van der Waals surface area contributed by atoms with Gasteiger partial charge in [-0.05, 0) is 62.4 Å². The molecule has 1 aliphatic heterocycles. The van der Waals surface area contributed by atoms with Gasteiger partial charge in [0, 0.05) is 35.6 Å². The lowest BCUT2D eigenvalue weighted by Crippen LogP contribution is -2.44. The molecule has 0 saturated carbocycles. The van der Waals surface area contributed by atoms with Crippen LogP contribution in [0, 0.1) is 6.92 Å². The van der Waals surface area contributed by atoms with Crippen molar-refractivity contribution in [3.63, 3.8) is 0 Å². The number of carbonyl (C=O) groups excluding carboxylic acids is 1. The van der Waals surface area contributed by atoms with Gasteiger partial charge in [-0.1, -0.05) is 36.4 Å². The van der Waals surface area contributed by atoms with E-state index in [4.69, 9.17) is 11.6 Å². The van der Waals surface area contributed by atoms with E-state index >= 15 is 0 Å². The number of pyridine rings is 1. The zero-order chi connectivity index (χ0) is 21.8. The van der Waals surface area contributed by atoms with E-state index in [1.54, 1.807) is 12.4 Å². The molecule has 3 heterocycles. The summed E-state index contributed by atoms with van der Waals surface area (Å²) < 4.78 is 1.99. The third-order valence-corrected chi connectivity index (χ3v) is 7.12. The highest BCUT2D eigenvalue weighted by Gasteiger charge is 2.26. The molecular weight excluding hydrogens is 430 g/mol. The molecule has 1 saturated heterocycles. The fourth-order valence-corrected chi connectivity index (χ4v) is 5.07. The van der Waals surface area contributed by atoms with Gasteiger partial charge in [0.25, 0.3) is 0 Å². The Morgan fingerprint density at radius 1 is 1.19 bits per heavy atom. The van der Waals surface area contributed by atoms with Gasteiger partial charge >= 0.3 is 0 Å². The van der Waals surface area contributed by atoms with Crippen molar-refractivity contribution in [1.82, 2.24) is 24.6 Å². The minimum atomic E-state index is 0.166. The molecule has 0 N–H and O–H groups in total. The Labute approximate surface area is 192 Å². The Balaban J connectivity index is 1.66. The Bertz CT molecular complexity index is 1060. The second kappa shape index (κ2) is 9.83. The van der Waals surface area contributed by atoms with Crippen molar-refractivity contribution in [2.45, 2.75) is 50.7 Å². The van der Waals surface area contributed by atoms with Crippen LogP contribution in [0.5, 0.6) is 0 Å². The maximum atomic E-state index is 13.0. The lowest BCUT2D eigenvalue weighted by molar-refractivity contribution is -0.132. The second-order valence-corrected chi connectivity index (χ2v) is 9.04. The molecule has 1 aliphatic rings. The lowest BCUT2D eigenvalue weighted by Gasteiger charge is -2.35. The number of rotatable bonds is 6. The Kier molecular flexibility index (Phi) is 6.92. The minimum Gasteiger partial charge on any atom is -0.339 e. The zero-order valence-electron chi connectivity index (χ0n) is 17.8. The molecule has 1 unspecified atom stereocenters. The van der Waals surface area contributed by atoms with Crippen molar-refractivity contribution in [1.29, 1.82) is 0 Å². The smallest absolute Gasteiger partial charge is 0.233 e. The van der Waals surface area contributed by atoms with Crippen molar-refractivity contribution >= 4 is 29.3 Å². The number of likely N-dealkylation sites (tertiary alicyclic amines) is 1. The molecule has 1 fully saturated rings. The van der Waals surface area contributed by atoms with Crippen LogP contribution in [0.1, 0.15) is 38.2 Å². The van der Waals surface area contributed by atoms with Gasteiger partial charge in [0.15, 0.2) is 11.0 Å². The monoisotopic (exact) mass is 455 g/mol. The van der Waals surface area contributed by atoms with Crippen LogP contribution in [0.15, 0.2) is 47.9 Å². The van der Waals surface area contributed by atoms with Crippen molar-refractivity contribution in [2.24, 2.45) is 0 Å². The van der Waals surface area contributed by atoms with Crippen LogP contribution in [0.3, 0.4) is 0 Å². The number of halogens is 1. The molecule has 1 aromatic carbocycles. The van der Waals surface area contributed by atoms with Crippen LogP contribution in [0.25, 0.3) is 17.1 Å². The summed E-state index contributed by atoms with van der Waals surface area (Å²) in [5.41, 5.74) is 2.75. The number of amides is 1. The van der Waals surface area contributed by atoms with Gasteiger partial charge in [-0.25, -0.2) is 0 Å². The third kappa shape index (κ3) is 4.62. The van der Waals surface area contributed by atoms with E-state index in [1.165, 1.54) is 18.2 Å². The highest BCUT2D eigenvalue weighted by molar-refractivity contribution is 7.99. The van der Waals surface area contributed by atoms with Gasteiger partial charge in [-0.2, -0.15) is 0 Å².